The van der Waals surface area contributed by atoms with Gasteiger partial charge in [0, 0.05) is 139 Å². The Labute approximate surface area is 773 Å². The third kappa shape index (κ3) is 38.6. The van der Waals surface area contributed by atoms with E-state index >= 15 is 0 Å². The third-order valence-corrected chi connectivity index (χ3v) is 25.9. The number of nitrogens with zero attached hydrogens (tertiary/aromatic N) is 2. The van der Waals surface area contributed by atoms with Crippen LogP contribution in [0.25, 0.3) is 0 Å². The zero-order valence-electron chi connectivity index (χ0n) is 80.1. The molecule has 6 aromatic rings. The van der Waals surface area contributed by atoms with Gasteiger partial charge < -0.3 is 36.4 Å². The molecule has 14 nitrogen and oxygen atoms in total. The molecule has 0 amide bonds. The molecule has 3 aliphatic rings. The number of nitrogens with one attached hydrogen (secondary N) is 3. The summed E-state index contributed by atoms with van der Waals surface area (Å²) in [5.74, 6) is -1.71. The fraction of sp³-hybridized carbons (Fsp3) is 0.600. The molecule has 1 unspecified atom stereocenters. The van der Waals surface area contributed by atoms with Crippen LogP contribution >= 0.6 is 43.5 Å². The highest BCUT2D eigenvalue weighted by Gasteiger charge is 2.35. The smallest absolute Gasteiger partial charge is 0.144 e. The van der Waals surface area contributed by atoms with E-state index in [0.717, 1.165) is 81.5 Å². The number of hydrogen-bond donors (Lipinski definition) is 5. The topological polar surface area (TPSA) is 200 Å². The quantitative estimate of drug-likeness (QED) is 0.0249. The summed E-state index contributed by atoms with van der Waals surface area (Å²) in [6.45, 7) is 51.7. The van der Waals surface area contributed by atoms with E-state index in [1.54, 1.807) is 38.1 Å². The third-order valence-electron chi connectivity index (χ3n) is 24.6. The van der Waals surface area contributed by atoms with Crippen LogP contribution in [-0.2, 0) is 33.5 Å². The molecule has 0 aromatic heterocycles. The molecule has 1 saturated heterocycles. The van der Waals surface area contributed by atoms with Crippen LogP contribution in [0.2, 0.25) is 5.02 Å². The summed E-state index contributed by atoms with van der Waals surface area (Å²) in [5, 5.41) is 20.7. The van der Waals surface area contributed by atoms with E-state index < -0.39 is 17.8 Å². The van der Waals surface area contributed by atoms with Gasteiger partial charge in [-0.25, -0.2) is 13.2 Å². The van der Waals surface area contributed by atoms with Crippen LogP contribution in [-0.4, -0.2) is 152 Å². The maximum Gasteiger partial charge on any atom is 0.144 e. The van der Waals surface area contributed by atoms with Crippen molar-refractivity contribution in [3.05, 3.63) is 209 Å². The minimum absolute atomic E-state index is 0.00902. The number of halogens is 6. The number of benzene rings is 6. The number of hydrogen-bond acceptors (Lipinski definition) is 14. The van der Waals surface area contributed by atoms with E-state index in [-0.39, 0.29) is 113 Å². The van der Waals surface area contributed by atoms with E-state index in [1.165, 1.54) is 69.6 Å². The predicted molar refractivity (Wildman–Crippen MR) is 519 cm³/mol. The number of ether oxygens (including phenoxy) is 1. The first kappa shape index (κ1) is 111. The number of likely N-dealkylation sites (N-methyl/N-ethyl adjacent to an activating group) is 1. The molecule has 696 valence electrons. The van der Waals surface area contributed by atoms with E-state index in [9.17, 15) is 47.0 Å². The van der Waals surface area contributed by atoms with Crippen molar-refractivity contribution in [2.24, 2.45) is 52.1 Å². The van der Waals surface area contributed by atoms with Crippen molar-refractivity contribution in [3.8, 4) is 0 Å². The van der Waals surface area contributed by atoms with Gasteiger partial charge in [0.15, 0.2) is 0 Å². The van der Waals surface area contributed by atoms with Gasteiger partial charge in [0.2, 0.25) is 0 Å². The summed E-state index contributed by atoms with van der Waals surface area (Å²) >= 11 is 12.9. The molecule has 2 aliphatic carbocycles. The maximum absolute atomic E-state index is 14.3. The SMILES string of the molecule is CC(C)C(=O)[C@H](CN(CCO)C(C)C)c1ccc(Cl)cc1.CC(C)C(=O)[C@H](CNC1CCC(C)(C)CC1)c1ccc(Br)cc1.CC(C)C(=O)[C@H](CNC1CCCC(C)(C)C1)c1ccc(Br)cc1.Cc1ccc([C@@H](CN(C)C(C)C)C(=O)C(C)C)c(F)c1.Cc1ccc([C@@H](CN)C(=O)C(C)C)c(F)c1.Cc1ccc([C@@H](CNC2CCOCC2)C(=O)C(C)C)c(F)c1. The first-order chi connectivity index (χ1) is 58.6. The van der Waals surface area contributed by atoms with Crippen molar-refractivity contribution in [2.75, 3.05) is 72.7 Å². The van der Waals surface area contributed by atoms with Gasteiger partial charge in [-0.2, -0.15) is 0 Å². The summed E-state index contributed by atoms with van der Waals surface area (Å²) in [7, 11) is 1.97. The van der Waals surface area contributed by atoms with Gasteiger partial charge in [-0.05, 0) is 229 Å². The van der Waals surface area contributed by atoms with Gasteiger partial charge in [-0.3, -0.25) is 33.7 Å². The lowest BCUT2D eigenvalue weighted by Gasteiger charge is -2.36. The zero-order chi connectivity index (χ0) is 93.9. The molecule has 1 aliphatic heterocycles. The van der Waals surface area contributed by atoms with Crippen molar-refractivity contribution in [1.82, 2.24) is 25.8 Å². The summed E-state index contributed by atoms with van der Waals surface area (Å²) in [4.78, 5) is 79.0. The van der Waals surface area contributed by atoms with Gasteiger partial charge in [0.25, 0.3) is 0 Å². The van der Waals surface area contributed by atoms with Crippen molar-refractivity contribution < 1.29 is 51.8 Å². The first-order valence-electron chi connectivity index (χ1n) is 45.9. The van der Waals surface area contributed by atoms with Crippen LogP contribution in [0.4, 0.5) is 13.2 Å². The number of aliphatic hydroxyl groups is 1. The van der Waals surface area contributed by atoms with E-state index in [1.807, 2.05) is 158 Å². The van der Waals surface area contributed by atoms with E-state index in [4.69, 9.17) is 22.1 Å². The molecule has 2 saturated carbocycles. The molecule has 3 fully saturated rings. The molecule has 1 heterocycles. The second-order valence-corrected chi connectivity index (χ2v) is 41.2. The lowest BCUT2D eigenvalue weighted by molar-refractivity contribution is -0.124. The monoisotopic (exact) mass is 1880 g/mol. The standard InChI is InChI=1S/2C20H30BrNO.C18H26FNO2.C17H26ClNO2.C17H26FNO.C13H18FNO/c1-14(2)19(23)18(15-5-7-16(21)8-6-15)13-22-17-9-11-20(3,4)12-10-17;1-14(2)19(23)18(15-7-9-16(21)10-8-15)13-22-17-6-5-11-20(3,4)12-17;1-12(2)18(21)16(11-20-14-6-8-22-9-7-14)15-5-4-13(3)10-17(15)19;1-12(2)17(21)16(11-19(9-10-20)13(3)4)14-5-7-15(18)8-6-14;1-11(2)17(20)15(10-19(6)12(3)4)14-8-7-13(5)9-16(14)18;1-8(2)13(16)11(7-15)10-5-4-9(3)6-12(10)14/h5-8,14,17-18,22H,9-13H2,1-4H3;7-10,14,17-18,22H,5-6,11-13H2,1-4H3;4-5,10,12,14,16,20H,6-9,11H2,1-3H3;5-8,12-13,16,20H,9-11H2,1-4H3;7-9,11-12,15H,10H2,1-6H3;4-6,8,11H,7,15H2,1-3H3/t18-;17?,18-;2*16-;15-;11-/m111111/s1. The first-order valence-corrected chi connectivity index (χ1v) is 47.9. The molecule has 0 bridgehead atoms. The molecule has 6 N–H and O–H groups in total. The van der Waals surface area contributed by atoms with Crippen molar-refractivity contribution in [3.63, 3.8) is 0 Å². The molecule has 7 atom stereocenters. The molecule has 9 rings (SSSR count). The Bertz CT molecular complexity index is 4230. The average Bonchev–Trinajstić information content (AvgIpc) is 0.834. The average molecular weight is 1880 g/mol. The molecular formula is C105H156Br2ClF3N6O8. The van der Waals surface area contributed by atoms with Crippen LogP contribution in [0.1, 0.15) is 288 Å². The van der Waals surface area contributed by atoms with Gasteiger partial charge in [-0.1, -0.05) is 233 Å². The molecule has 125 heavy (non-hydrogen) atoms. The highest BCUT2D eigenvalue weighted by molar-refractivity contribution is 9.10. The number of nitrogens with two attached hydrogens (primary N) is 1. The fourth-order valence-electron chi connectivity index (χ4n) is 16.1. The Morgan fingerprint density at radius 1 is 0.448 bits per heavy atom. The van der Waals surface area contributed by atoms with Gasteiger partial charge in [-0.15, -0.1) is 0 Å². The van der Waals surface area contributed by atoms with Crippen molar-refractivity contribution in [1.29, 1.82) is 0 Å². The van der Waals surface area contributed by atoms with Gasteiger partial charge >= 0.3 is 0 Å². The summed E-state index contributed by atoms with van der Waals surface area (Å²) in [6, 6.07) is 41.1. The molecule has 20 heteroatoms. The second-order valence-electron chi connectivity index (χ2n) is 39.0. The molecular weight excluding hydrogens is 1730 g/mol. The highest BCUT2D eigenvalue weighted by atomic mass is 79.9. The van der Waals surface area contributed by atoms with Crippen LogP contribution in [0.15, 0.2) is 136 Å². The Balaban J connectivity index is 0.000000316. The predicted octanol–water partition coefficient (Wildman–Crippen LogP) is 23.4. The summed E-state index contributed by atoms with van der Waals surface area (Å²) in [5.41, 5.74) is 13.7. The Kier molecular flexibility index (Phi) is 49.3. The van der Waals surface area contributed by atoms with E-state index in [2.05, 4.69) is 137 Å². The molecule has 0 radical (unpaired) electrons. The summed E-state index contributed by atoms with van der Waals surface area (Å²) < 4.78 is 49.7. The van der Waals surface area contributed by atoms with Gasteiger partial charge in [0.05, 0.1) is 42.1 Å². The number of carbonyl (C=O) groups is 6. The highest BCUT2D eigenvalue weighted by Crippen LogP contribution is 2.38. The number of carbonyl (C=O) groups excluding carboxylic acids is 6. The second kappa shape index (κ2) is 55.3. The maximum atomic E-state index is 14.3. The van der Waals surface area contributed by atoms with Crippen molar-refractivity contribution >= 4 is 78.2 Å². The number of ketones is 6. The van der Waals surface area contributed by atoms with Crippen LogP contribution in [0.5, 0.6) is 0 Å². The number of Topliss-reactive ketones (excluding diaryl/α,β-unsaturated/α-hetero) is 6. The fourth-order valence-corrected chi connectivity index (χ4v) is 16.8. The lowest BCUT2D eigenvalue weighted by Crippen LogP contribution is -2.40. The number of rotatable bonds is 36. The largest absolute Gasteiger partial charge is 0.395 e. The van der Waals surface area contributed by atoms with Crippen molar-refractivity contribution in [2.45, 2.75) is 289 Å². The van der Waals surface area contributed by atoms with Crippen LogP contribution in [0.3, 0.4) is 0 Å². The Hall–Kier alpha value is -5.94. The van der Waals surface area contributed by atoms with Crippen LogP contribution in [0, 0.1) is 84.6 Å². The number of aryl methyl sites for hydroxylation is 3. The normalized spacial score (nSPS) is 16.8. The minimum Gasteiger partial charge on any atom is -0.395 e. The zero-order valence-corrected chi connectivity index (χ0v) is 84.1. The number of aliphatic hydroxyl groups excluding tert-OH is 1. The lowest BCUT2D eigenvalue weighted by atomic mass is 9.75. The Morgan fingerprint density at radius 3 is 1.17 bits per heavy atom. The molecule has 0 spiro atoms. The Morgan fingerprint density at radius 2 is 0.792 bits per heavy atom. The van der Waals surface area contributed by atoms with E-state index in [0.29, 0.717) is 94.5 Å². The molecule has 6 aromatic carbocycles. The minimum atomic E-state index is -0.527. The van der Waals surface area contributed by atoms with Crippen LogP contribution < -0.4 is 21.7 Å². The summed E-state index contributed by atoms with van der Waals surface area (Å²) in [6.07, 6.45) is 11.9. The van der Waals surface area contributed by atoms with Gasteiger partial charge in [0.1, 0.15) is 52.2 Å².